The molecule has 2 N–H and O–H groups in total. The number of hydrogen-bond donors (Lipinski definition) is 2. The molecule has 19 heteroatoms. The van der Waals surface area contributed by atoms with Crippen molar-refractivity contribution in [2.45, 2.75) is 36.0 Å². The Morgan fingerprint density at radius 3 is 1.40 bits per heavy atom. The number of ketones is 1. The van der Waals surface area contributed by atoms with Crippen molar-refractivity contribution in [1.29, 1.82) is 0 Å². The molecule has 0 spiro atoms. The third-order valence-electron chi connectivity index (χ3n) is 4.88. The summed E-state index contributed by atoms with van der Waals surface area (Å²) in [5, 5.41) is 1.83. The zero-order valence-corrected chi connectivity index (χ0v) is 18.6. The van der Waals surface area contributed by atoms with Gasteiger partial charge >= 0.3 is 47.9 Å². The van der Waals surface area contributed by atoms with E-state index >= 15 is 0 Å². The molecule has 2 rings (SSSR count). The highest BCUT2D eigenvalue weighted by atomic mass is 19.4. The molecule has 0 saturated carbocycles. The highest BCUT2D eigenvalue weighted by Gasteiger charge is 2.77. The van der Waals surface area contributed by atoms with Gasteiger partial charge in [-0.1, -0.05) is 30.3 Å². The van der Waals surface area contributed by atoms with Gasteiger partial charge in [0.25, 0.3) is 0 Å². The SMILES string of the molecule is O=C(c1ccccc1)c1cc(NC(=O)C(F)(F)C(F)(F)C(F)(F)F)ccc1NC(=O)C(F)(F)C(F)(F)C(F)(F)F. The first-order valence-corrected chi connectivity index (χ1v) is 9.91. The first kappa shape index (κ1) is 32.3. The first-order chi connectivity index (χ1) is 17.9. The van der Waals surface area contributed by atoms with Crippen LogP contribution in [0.15, 0.2) is 48.5 Å². The van der Waals surface area contributed by atoms with Gasteiger partial charge in [-0.2, -0.15) is 61.5 Å². The number of hydrogen-bond acceptors (Lipinski definition) is 3. The Kier molecular flexibility index (Phi) is 8.26. The van der Waals surface area contributed by atoms with E-state index < -0.39 is 76.1 Å². The van der Waals surface area contributed by atoms with Gasteiger partial charge in [-0.05, 0) is 18.2 Å². The Morgan fingerprint density at radius 1 is 0.550 bits per heavy atom. The Morgan fingerprint density at radius 2 is 0.975 bits per heavy atom. The minimum absolute atomic E-state index is 0.157. The molecule has 0 aliphatic carbocycles. The van der Waals surface area contributed by atoms with Crippen LogP contribution in [0.1, 0.15) is 15.9 Å². The number of anilines is 2. The fourth-order valence-electron chi connectivity index (χ4n) is 2.72. The van der Waals surface area contributed by atoms with Crippen LogP contribution in [0, 0.1) is 0 Å². The van der Waals surface area contributed by atoms with Crippen LogP contribution in [0.3, 0.4) is 0 Å². The molecule has 0 fully saturated rings. The maximum Gasteiger partial charge on any atom is 0.460 e. The van der Waals surface area contributed by atoms with Gasteiger partial charge < -0.3 is 10.6 Å². The van der Waals surface area contributed by atoms with Crippen molar-refractivity contribution in [1.82, 2.24) is 0 Å². The normalized spacial score (nSPS) is 13.6. The summed E-state index contributed by atoms with van der Waals surface area (Å²) in [5.74, 6) is -34.8. The average Bonchev–Trinajstić information content (AvgIpc) is 2.83. The van der Waals surface area contributed by atoms with E-state index in [0.29, 0.717) is 0 Å². The van der Waals surface area contributed by atoms with E-state index in [4.69, 9.17) is 0 Å². The van der Waals surface area contributed by atoms with Gasteiger partial charge in [0.05, 0.1) is 5.69 Å². The second-order valence-electron chi connectivity index (χ2n) is 7.66. The molecule has 0 aliphatic rings. The van der Waals surface area contributed by atoms with Crippen LogP contribution in [0.5, 0.6) is 0 Å². The maximum absolute atomic E-state index is 13.8. The molecule has 0 bridgehead atoms. The van der Waals surface area contributed by atoms with Crippen molar-refractivity contribution in [3.63, 3.8) is 0 Å². The number of benzene rings is 2. The summed E-state index contributed by atoms with van der Waals surface area (Å²) in [6, 6.07) is 6.24. The molecule has 2 aromatic rings. The molecule has 0 radical (unpaired) electrons. The lowest BCUT2D eigenvalue weighted by Crippen LogP contribution is -2.58. The summed E-state index contributed by atoms with van der Waals surface area (Å²) < 4.78 is 182. The predicted octanol–water partition coefficient (Wildman–Crippen LogP) is 6.46. The van der Waals surface area contributed by atoms with E-state index in [1.807, 2.05) is 0 Å². The summed E-state index contributed by atoms with van der Waals surface area (Å²) in [4.78, 5) is 36.1. The second-order valence-corrected chi connectivity index (χ2v) is 7.66. The minimum Gasteiger partial charge on any atom is -0.321 e. The van der Waals surface area contributed by atoms with Gasteiger partial charge in [-0.25, -0.2) is 0 Å². The predicted molar refractivity (Wildman–Crippen MR) is 105 cm³/mol. The van der Waals surface area contributed by atoms with E-state index in [9.17, 15) is 75.8 Å². The molecule has 5 nitrogen and oxygen atoms in total. The lowest BCUT2D eigenvalue weighted by molar-refractivity contribution is -0.343. The molecule has 0 saturated heterocycles. The third kappa shape index (κ3) is 5.67. The smallest absolute Gasteiger partial charge is 0.321 e. The number of nitrogens with one attached hydrogen (secondary N) is 2. The van der Waals surface area contributed by atoms with E-state index in [0.717, 1.165) is 22.8 Å². The number of amides is 2. The third-order valence-corrected chi connectivity index (χ3v) is 4.88. The molecule has 220 valence electrons. The van der Waals surface area contributed by atoms with Gasteiger partial charge in [-0.15, -0.1) is 0 Å². The molecule has 2 amide bonds. The van der Waals surface area contributed by atoms with E-state index in [-0.39, 0.29) is 18.2 Å². The van der Waals surface area contributed by atoms with Crippen molar-refractivity contribution in [2.24, 2.45) is 0 Å². The Balaban J connectivity index is 2.56. The van der Waals surface area contributed by atoms with Crippen molar-refractivity contribution < 1.29 is 75.8 Å². The Bertz CT molecular complexity index is 1290. The standard InChI is InChI=1S/C21H10F14N2O3/c22-16(23,18(26,27)20(30,31)32)14(39)36-10-6-7-12(11(8-10)13(38)9-4-2-1-3-5-9)37-15(40)17(24,25)19(28,29)21(33,34)35/h1-8H,(H,36,39)(H,37,40). The largest absolute Gasteiger partial charge is 0.460 e. The summed E-state index contributed by atoms with van der Waals surface area (Å²) in [6.45, 7) is 0. The second kappa shape index (κ2) is 10.2. The van der Waals surface area contributed by atoms with Crippen LogP contribution in [0.4, 0.5) is 72.8 Å². The molecule has 0 unspecified atom stereocenters. The summed E-state index contributed by atoms with van der Waals surface area (Å²) in [6.07, 6.45) is -13.9. The van der Waals surface area contributed by atoms with Crippen LogP contribution in [-0.2, 0) is 9.59 Å². The van der Waals surface area contributed by atoms with Gasteiger partial charge in [0, 0.05) is 16.8 Å². The van der Waals surface area contributed by atoms with Gasteiger partial charge in [0.1, 0.15) is 0 Å². The highest BCUT2D eigenvalue weighted by molar-refractivity contribution is 6.15. The summed E-state index contributed by atoms with van der Waals surface area (Å²) in [5.41, 5.74) is -4.08. The molecule has 0 atom stereocenters. The number of alkyl halides is 14. The van der Waals surface area contributed by atoms with Gasteiger partial charge in [0.2, 0.25) is 0 Å². The number of carbonyl (C=O) groups excluding carboxylic acids is 3. The van der Waals surface area contributed by atoms with Crippen LogP contribution in [0.25, 0.3) is 0 Å². The number of carbonyl (C=O) groups is 3. The monoisotopic (exact) mass is 604 g/mol. The first-order valence-electron chi connectivity index (χ1n) is 9.91. The summed E-state index contributed by atoms with van der Waals surface area (Å²) in [7, 11) is 0. The van der Waals surface area contributed by atoms with E-state index in [2.05, 4.69) is 0 Å². The Hall–Kier alpha value is -3.93. The molecule has 0 heterocycles. The Labute approximate surface area is 212 Å². The van der Waals surface area contributed by atoms with Crippen LogP contribution in [-0.4, -0.2) is 53.6 Å². The molecule has 2 aromatic carbocycles. The highest BCUT2D eigenvalue weighted by Crippen LogP contribution is 2.48. The molecule has 40 heavy (non-hydrogen) atoms. The van der Waals surface area contributed by atoms with Crippen molar-refractivity contribution in [2.75, 3.05) is 10.6 Å². The van der Waals surface area contributed by atoms with E-state index in [1.54, 1.807) is 0 Å². The van der Waals surface area contributed by atoms with Crippen molar-refractivity contribution in [3.05, 3.63) is 59.7 Å². The molecule has 0 aromatic heterocycles. The zero-order valence-electron chi connectivity index (χ0n) is 18.6. The maximum atomic E-state index is 13.8. The number of halogens is 14. The lowest BCUT2D eigenvalue weighted by Gasteiger charge is -2.27. The van der Waals surface area contributed by atoms with Crippen LogP contribution < -0.4 is 10.6 Å². The lowest BCUT2D eigenvalue weighted by atomic mass is 10.00. The topological polar surface area (TPSA) is 75.3 Å². The van der Waals surface area contributed by atoms with Gasteiger partial charge in [0.15, 0.2) is 5.78 Å². The van der Waals surface area contributed by atoms with Crippen molar-refractivity contribution >= 4 is 29.0 Å². The molecular weight excluding hydrogens is 594 g/mol. The quantitative estimate of drug-likeness (QED) is 0.269. The fraction of sp³-hybridized carbons (Fsp3) is 0.286. The van der Waals surface area contributed by atoms with Gasteiger partial charge in [-0.3, -0.25) is 14.4 Å². The molecular formula is C21H10F14N2O3. The average molecular weight is 604 g/mol. The van der Waals surface area contributed by atoms with Crippen LogP contribution >= 0.6 is 0 Å². The minimum atomic E-state index is -6.94. The molecule has 0 aliphatic heterocycles. The van der Waals surface area contributed by atoms with E-state index in [1.165, 1.54) is 18.2 Å². The summed E-state index contributed by atoms with van der Waals surface area (Å²) >= 11 is 0. The fourth-order valence-corrected chi connectivity index (χ4v) is 2.72. The number of rotatable bonds is 8. The van der Waals surface area contributed by atoms with Crippen molar-refractivity contribution in [3.8, 4) is 0 Å². The zero-order chi connectivity index (χ0) is 31.1. The van der Waals surface area contributed by atoms with Crippen LogP contribution in [0.2, 0.25) is 0 Å².